The molecular formula is C10H7F2NO. The number of phenols is 1. The molecule has 0 aliphatic carbocycles. The van der Waals surface area contributed by atoms with Gasteiger partial charge in [0.2, 0.25) is 0 Å². The molecule has 0 aliphatic heterocycles. The quantitative estimate of drug-likeness (QED) is 0.788. The lowest BCUT2D eigenvalue weighted by Crippen LogP contribution is -1.85. The van der Waals surface area contributed by atoms with E-state index in [0.29, 0.717) is 5.56 Å². The Morgan fingerprint density at radius 3 is 2.71 bits per heavy atom. The van der Waals surface area contributed by atoms with E-state index in [-0.39, 0.29) is 6.42 Å². The summed E-state index contributed by atoms with van der Waals surface area (Å²) in [5, 5.41) is 17.1. The largest absolute Gasteiger partial charge is 0.505 e. The molecule has 0 spiro atoms. The maximum Gasteiger partial charge on any atom is 0.200 e. The summed E-state index contributed by atoms with van der Waals surface area (Å²) in [6, 6.07) is 3.90. The first-order chi connectivity index (χ1) is 6.65. The summed E-state index contributed by atoms with van der Waals surface area (Å²) in [6.07, 6.45) is 3.11. The average Bonchev–Trinajstić information content (AvgIpc) is 2.14. The summed E-state index contributed by atoms with van der Waals surface area (Å²) in [6.45, 7) is 0. The number of halogens is 2. The van der Waals surface area contributed by atoms with Crippen molar-refractivity contribution in [1.82, 2.24) is 0 Å². The second kappa shape index (κ2) is 4.38. The smallest absolute Gasteiger partial charge is 0.200 e. The fourth-order valence-corrected chi connectivity index (χ4v) is 0.939. The zero-order chi connectivity index (χ0) is 10.6. The van der Waals surface area contributed by atoms with Gasteiger partial charge in [-0.2, -0.15) is 9.65 Å². The summed E-state index contributed by atoms with van der Waals surface area (Å²) >= 11 is 0. The van der Waals surface area contributed by atoms with E-state index in [1.54, 1.807) is 0 Å². The van der Waals surface area contributed by atoms with Crippen molar-refractivity contribution in [3.8, 4) is 11.8 Å². The van der Waals surface area contributed by atoms with Gasteiger partial charge in [-0.3, -0.25) is 0 Å². The number of allylic oxidation sites excluding steroid dienone is 1. The Balaban J connectivity index is 2.96. The molecule has 0 radical (unpaired) electrons. The van der Waals surface area contributed by atoms with Crippen LogP contribution in [0.1, 0.15) is 12.0 Å². The summed E-state index contributed by atoms with van der Waals surface area (Å²) in [7, 11) is 0. The van der Waals surface area contributed by atoms with Crippen molar-refractivity contribution in [2.45, 2.75) is 6.42 Å². The zero-order valence-electron chi connectivity index (χ0n) is 7.17. The lowest BCUT2D eigenvalue weighted by molar-refractivity contribution is 0.407. The van der Waals surface area contributed by atoms with Gasteiger partial charge in [-0.05, 0) is 17.7 Å². The molecule has 72 valence electrons. The predicted octanol–water partition coefficient (Wildman–Crippen LogP) is 2.60. The van der Waals surface area contributed by atoms with Gasteiger partial charge in [0, 0.05) is 0 Å². The molecule has 0 bridgehead atoms. The molecule has 1 N–H and O–H groups in total. The molecule has 0 unspecified atom stereocenters. The van der Waals surface area contributed by atoms with E-state index in [2.05, 4.69) is 0 Å². The molecule has 0 saturated heterocycles. The van der Waals surface area contributed by atoms with Gasteiger partial charge in [-0.15, -0.1) is 0 Å². The van der Waals surface area contributed by atoms with E-state index < -0.39 is 17.4 Å². The topological polar surface area (TPSA) is 44.0 Å². The first kappa shape index (κ1) is 10.2. The van der Waals surface area contributed by atoms with E-state index in [4.69, 9.17) is 10.4 Å². The first-order valence-corrected chi connectivity index (χ1v) is 3.86. The molecule has 14 heavy (non-hydrogen) atoms. The second-order valence-corrected chi connectivity index (χ2v) is 2.60. The van der Waals surface area contributed by atoms with E-state index in [1.807, 2.05) is 6.07 Å². The van der Waals surface area contributed by atoms with Crippen LogP contribution in [-0.4, -0.2) is 5.11 Å². The van der Waals surface area contributed by atoms with Gasteiger partial charge in [0.05, 0.1) is 12.5 Å². The van der Waals surface area contributed by atoms with Crippen molar-refractivity contribution in [2.24, 2.45) is 0 Å². The van der Waals surface area contributed by atoms with E-state index in [0.717, 1.165) is 12.1 Å². The Hall–Kier alpha value is -1.89. The third-order valence-corrected chi connectivity index (χ3v) is 1.55. The molecule has 1 rings (SSSR count). The Morgan fingerprint density at radius 1 is 1.43 bits per heavy atom. The highest BCUT2D eigenvalue weighted by Gasteiger charge is 2.07. The fraction of sp³-hybridized carbons (Fsp3) is 0.100. The van der Waals surface area contributed by atoms with Crippen LogP contribution in [0, 0.1) is 23.0 Å². The van der Waals surface area contributed by atoms with Gasteiger partial charge < -0.3 is 5.11 Å². The number of aromatic hydroxyl groups is 1. The van der Waals surface area contributed by atoms with Gasteiger partial charge in [0.1, 0.15) is 0 Å². The highest BCUT2D eigenvalue weighted by atomic mass is 19.2. The van der Waals surface area contributed by atoms with Crippen LogP contribution in [0.15, 0.2) is 18.2 Å². The summed E-state index contributed by atoms with van der Waals surface area (Å²) < 4.78 is 25.3. The summed E-state index contributed by atoms with van der Waals surface area (Å²) in [4.78, 5) is 0. The second-order valence-electron chi connectivity index (χ2n) is 2.60. The maximum atomic E-state index is 12.7. The zero-order valence-corrected chi connectivity index (χ0v) is 7.17. The van der Waals surface area contributed by atoms with Crippen LogP contribution in [0.5, 0.6) is 5.75 Å². The third kappa shape index (κ3) is 2.30. The summed E-state index contributed by atoms with van der Waals surface area (Å²) in [5.74, 6) is -3.11. The van der Waals surface area contributed by atoms with Gasteiger partial charge in [0.15, 0.2) is 17.4 Å². The van der Waals surface area contributed by atoms with Crippen LogP contribution in [0.25, 0.3) is 6.08 Å². The minimum Gasteiger partial charge on any atom is -0.505 e. The van der Waals surface area contributed by atoms with Gasteiger partial charge in [-0.1, -0.05) is 12.2 Å². The molecule has 4 heteroatoms. The van der Waals surface area contributed by atoms with Crippen LogP contribution in [-0.2, 0) is 0 Å². The Bertz CT molecular complexity index is 384. The van der Waals surface area contributed by atoms with Gasteiger partial charge in [-0.25, -0.2) is 4.39 Å². The number of benzene rings is 1. The molecule has 2 nitrogen and oxygen atoms in total. The van der Waals surface area contributed by atoms with E-state index in [9.17, 15) is 8.78 Å². The maximum absolute atomic E-state index is 12.7. The van der Waals surface area contributed by atoms with Crippen molar-refractivity contribution in [3.05, 3.63) is 35.4 Å². The van der Waals surface area contributed by atoms with Crippen LogP contribution in [0.4, 0.5) is 8.78 Å². The van der Waals surface area contributed by atoms with Crippen LogP contribution in [0.3, 0.4) is 0 Å². The molecule has 0 atom stereocenters. The number of hydrogen-bond acceptors (Lipinski definition) is 2. The minimum absolute atomic E-state index is 0.180. The molecule has 1 aromatic carbocycles. The predicted molar refractivity (Wildman–Crippen MR) is 47.3 cm³/mol. The van der Waals surface area contributed by atoms with Crippen LogP contribution in [0.2, 0.25) is 0 Å². The molecule has 0 saturated carbocycles. The van der Waals surface area contributed by atoms with Crippen molar-refractivity contribution >= 4 is 6.08 Å². The molecule has 0 fully saturated rings. The molecular weight excluding hydrogens is 188 g/mol. The number of nitriles is 1. The molecule has 0 heterocycles. The number of hydrogen-bond donors (Lipinski definition) is 1. The number of phenolic OH excluding ortho intramolecular Hbond substituents is 1. The number of nitrogens with zero attached hydrogens (tertiary/aromatic N) is 1. The fourth-order valence-electron chi connectivity index (χ4n) is 0.939. The first-order valence-electron chi connectivity index (χ1n) is 3.86. The Kier molecular flexibility index (Phi) is 3.19. The molecule has 0 aliphatic rings. The number of rotatable bonds is 2. The lowest BCUT2D eigenvalue weighted by atomic mass is 10.2. The van der Waals surface area contributed by atoms with Crippen LogP contribution >= 0.6 is 0 Å². The minimum atomic E-state index is -1.26. The average molecular weight is 195 g/mol. The van der Waals surface area contributed by atoms with Crippen molar-refractivity contribution in [2.75, 3.05) is 0 Å². The third-order valence-electron chi connectivity index (χ3n) is 1.55. The highest BCUT2D eigenvalue weighted by molar-refractivity contribution is 5.52. The van der Waals surface area contributed by atoms with E-state index in [1.165, 1.54) is 12.2 Å². The van der Waals surface area contributed by atoms with Crippen molar-refractivity contribution in [1.29, 1.82) is 5.26 Å². The summed E-state index contributed by atoms with van der Waals surface area (Å²) in [5.41, 5.74) is 0.316. The standard InChI is InChI=1S/C10H7F2NO/c11-8-5-7(3-1-2-4-13)6-9(14)10(8)12/h1,3,5-6,14H,2H2. The highest BCUT2D eigenvalue weighted by Crippen LogP contribution is 2.21. The van der Waals surface area contributed by atoms with E-state index >= 15 is 0 Å². The Morgan fingerprint density at radius 2 is 2.14 bits per heavy atom. The monoisotopic (exact) mass is 195 g/mol. The SMILES string of the molecule is N#CCC=Cc1cc(O)c(F)c(F)c1. The molecule has 1 aromatic rings. The van der Waals surface area contributed by atoms with Gasteiger partial charge in [0.25, 0.3) is 0 Å². The van der Waals surface area contributed by atoms with Crippen LogP contribution < -0.4 is 0 Å². The van der Waals surface area contributed by atoms with Crippen molar-refractivity contribution in [3.63, 3.8) is 0 Å². The van der Waals surface area contributed by atoms with Gasteiger partial charge >= 0.3 is 0 Å². The van der Waals surface area contributed by atoms with Crippen molar-refractivity contribution < 1.29 is 13.9 Å². The lowest BCUT2D eigenvalue weighted by Gasteiger charge is -1.98. The molecule has 0 aromatic heterocycles. The molecule has 0 amide bonds. The normalized spacial score (nSPS) is 10.4. The Labute approximate surface area is 79.7 Å².